The van der Waals surface area contributed by atoms with E-state index >= 15 is 0 Å². The van der Waals surface area contributed by atoms with E-state index in [9.17, 15) is 15.0 Å². The highest BCUT2D eigenvalue weighted by molar-refractivity contribution is 9.10. The van der Waals surface area contributed by atoms with Crippen molar-refractivity contribution in [3.05, 3.63) is 33.8 Å². The Morgan fingerprint density at radius 1 is 1.47 bits per heavy atom. The highest BCUT2D eigenvalue weighted by atomic mass is 79.9. The zero-order valence-corrected chi connectivity index (χ0v) is 12.5. The van der Waals surface area contributed by atoms with E-state index in [1.807, 2.05) is 12.1 Å². The number of carbonyl (C=O) groups is 1. The van der Waals surface area contributed by atoms with E-state index in [2.05, 4.69) is 15.9 Å². The first kappa shape index (κ1) is 14.5. The molecule has 1 aliphatic rings. The summed E-state index contributed by atoms with van der Waals surface area (Å²) < 4.78 is 6.64. The number of carboxylic acids is 1. The fourth-order valence-electron chi connectivity index (χ4n) is 2.44. The topological polar surface area (TPSA) is 66.8 Å². The van der Waals surface area contributed by atoms with Crippen LogP contribution in [0.3, 0.4) is 0 Å². The maximum atomic E-state index is 11.7. The minimum Gasteiger partial charge on any atom is -0.479 e. The van der Waals surface area contributed by atoms with Crippen molar-refractivity contribution in [3.63, 3.8) is 0 Å². The van der Waals surface area contributed by atoms with Crippen LogP contribution >= 0.6 is 15.9 Å². The number of aliphatic hydroxyl groups excluding tert-OH is 1. The predicted molar refractivity (Wildman–Crippen MR) is 74.0 cm³/mol. The Labute approximate surface area is 120 Å². The SMILES string of the molecule is CC(O)C(C)OC1(C(=O)O)CCc2c(Br)cccc21. The first-order valence-electron chi connectivity index (χ1n) is 6.25. The van der Waals surface area contributed by atoms with Crippen LogP contribution in [0.15, 0.2) is 22.7 Å². The van der Waals surface area contributed by atoms with Crippen LogP contribution in [0.5, 0.6) is 0 Å². The van der Waals surface area contributed by atoms with Crippen molar-refractivity contribution in [2.45, 2.75) is 44.5 Å². The van der Waals surface area contributed by atoms with Crippen LogP contribution in [0.4, 0.5) is 0 Å². The molecule has 5 heteroatoms. The van der Waals surface area contributed by atoms with E-state index in [4.69, 9.17) is 4.74 Å². The molecule has 104 valence electrons. The molecule has 19 heavy (non-hydrogen) atoms. The minimum atomic E-state index is -1.35. The van der Waals surface area contributed by atoms with Gasteiger partial charge >= 0.3 is 5.97 Å². The van der Waals surface area contributed by atoms with Gasteiger partial charge in [0.05, 0.1) is 12.2 Å². The molecule has 3 atom stereocenters. The molecule has 0 spiro atoms. The molecule has 0 aromatic heterocycles. The van der Waals surface area contributed by atoms with E-state index < -0.39 is 23.8 Å². The zero-order chi connectivity index (χ0) is 14.2. The molecule has 1 aromatic rings. The summed E-state index contributed by atoms with van der Waals surface area (Å²) in [6, 6.07) is 5.49. The van der Waals surface area contributed by atoms with Gasteiger partial charge in [-0.05, 0) is 43.9 Å². The monoisotopic (exact) mass is 328 g/mol. The molecule has 1 aromatic carbocycles. The number of ether oxygens (including phenoxy) is 1. The lowest BCUT2D eigenvalue weighted by atomic mass is 9.95. The summed E-state index contributed by atoms with van der Waals surface area (Å²) in [4.78, 5) is 11.7. The Bertz CT molecular complexity index is 500. The number of fused-ring (bicyclic) bond motifs is 1. The Morgan fingerprint density at radius 2 is 2.16 bits per heavy atom. The highest BCUT2D eigenvalue weighted by Crippen LogP contribution is 2.44. The van der Waals surface area contributed by atoms with Crippen molar-refractivity contribution in [1.82, 2.24) is 0 Å². The van der Waals surface area contributed by atoms with Gasteiger partial charge in [-0.1, -0.05) is 28.1 Å². The largest absolute Gasteiger partial charge is 0.479 e. The number of aliphatic carboxylic acids is 1. The van der Waals surface area contributed by atoms with Crippen molar-refractivity contribution in [2.75, 3.05) is 0 Å². The smallest absolute Gasteiger partial charge is 0.340 e. The first-order valence-corrected chi connectivity index (χ1v) is 7.05. The molecule has 0 bridgehead atoms. The Hall–Kier alpha value is -0.910. The van der Waals surface area contributed by atoms with Gasteiger partial charge in [-0.3, -0.25) is 0 Å². The Balaban J connectivity index is 2.45. The summed E-state index contributed by atoms with van der Waals surface area (Å²) in [5.41, 5.74) is 0.305. The molecular formula is C14H17BrO4. The number of carboxylic acid groups (broad SMARTS) is 1. The number of hydrogen-bond donors (Lipinski definition) is 2. The van der Waals surface area contributed by atoms with Gasteiger partial charge in [0.15, 0.2) is 5.60 Å². The number of hydrogen-bond acceptors (Lipinski definition) is 3. The molecule has 0 heterocycles. The van der Waals surface area contributed by atoms with Gasteiger partial charge in [0.25, 0.3) is 0 Å². The molecule has 0 saturated heterocycles. The lowest BCUT2D eigenvalue weighted by molar-refractivity contribution is -0.182. The van der Waals surface area contributed by atoms with Crippen molar-refractivity contribution in [1.29, 1.82) is 0 Å². The third kappa shape index (κ3) is 2.42. The summed E-state index contributed by atoms with van der Waals surface area (Å²) in [7, 11) is 0. The maximum Gasteiger partial charge on any atom is 0.340 e. The number of benzene rings is 1. The maximum absolute atomic E-state index is 11.7. The average Bonchev–Trinajstić information content (AvgIpc) is 2.71. The van der Waals surface area contributed by atoms with Crippen molar-refractivity contribution in [2.24, 2.45) is 0 Å². The van der Waals surface area contributed by atoms with Crippen LogP contribution < -0.4 is 0 Å². The third-order valence-electron chi connectivity index (χ3n) is 3.69. The van der Waals surface area contributed by atoms with Crippen LogP contribution in [-0.2, 0) is 21.6 Å². The van der Waals surface area contributed by atoms with Crippen LogP contribution in [0.2, 0.25) is 0 Å². The summed E-state index contributed by atoms with van der Waals surface area (Å²) in [5, 5.41) is 19.2. The summed E-state index contributed by atoms with van der Waals surface area (Å²) >= 11 is 3.45. The normalized spacial score (nSPS) is 24.8. The quantitative estimate of drug-likeness (QED) is 0.891. The van der Waals surface area contributed by atoms with Gasteiger partial charge in [0, 0.05) is 4.47 Å². The number of rotatable bonds is 4. The van der Waals surface area contributed by atoms with E-state index in [0.29, 0.717) is 18.4 Å². The van der Waals surface area contributed by atoms with E-state index in [1.54, 1.807) is 19.9 Å². The zero-order valence-electron chi connectivity index (χ0n) is 10.9. The van der Waals surface area contributed by atoms with Crippen molar-refractivity contribution < 1.29 is 19.7 Å². The molecular weight excluding hydrogens is 312 g/mol. The Morgan fingerprint density at radius 3 is 2.74 bits per heavy atom. The fraction of sp³-hybridized carbons (Fsp3) is 0.500. The number of aliphatic hydroxyl groups is 1. The molecule has 2 rings (SSSR count). The second kappa shape index (κ2) is 5.23. The molecule has 4 nitrogen and oxygen atoms in total. The molecule has 3 unspecified atom stereocenters. The number of halogens is 1. The molecule has 0 amide bonds. The molecule has 0 fully saturated rings. The van der Waals surface area contributed by atoms with Crippen LogP contribution in [-0.4, -0.2) is 28.4 Å². The van der Waals surface area contributed by atoms with E-state index in [-0.39, 0.29) is 0 Å². The lowest BCUT2D eigenvalue weighted by Crippen LogP contribution is -2.42. The average molecular weight is 329 g/mol. The van der Waals surface area contributed by atoms with Gasteiger partial charge in [-0.15, -0.1) is 0 Å². The van der Waals surface area contributed by atoms with Crippen LogP contribution in [0.1, 0.15) is 31.4 Å². The summed E-state index contributed by atoms with van der Waals surface area (Å²) in [6.07, 6.45) is -0.221. The van der Waals surface area contributed by atoms with Gasteiger partial charge in [-0.2, -0.15) is 0 Å². The molecule has 1 aliphatic carbocycles. The van der Waals surface area contributed by atoms with Gasteiger partial charge in [0.1, 0.15) is 0 Å². The van der Waals surface area contributed by atoms with Gasteiger partial charge in [-0.25, -0.2) is 4.79 Å². The first-order chi connectivity index (χ1) is 8.88. The van der Waals surface area contributed by atoms with Gasteiger partial charge in [0.2, 0.25) is 0 Å². The van der Waals surface area contributed by atoms with Crippen molar-refractivity contribution >= 4 is 21.9 Å². The second-order valence-electron chi connectivity index (χ2n) is 4.96. The highest BCUT2D eigenvalue weighted by Gasteiger charge is 2.48. The standard InChI is InChI=1S/C14H17BrO4/c1-8(16)9(2)19-14(13(17)18)7-6-10-11(14)4-3-5-12(10)15/h3-5,8-9,16H,6-7H2,1-2H3,(H,17,18). The van der Waals surface area contributed by atoms with Crippen LogP contribution in [0.25, 0.3) is 0 Å². The fourth-order valence-corrected chi connectivity index (χ4v) is 3.00. The predicted octanol–water partition coefficient (Wildman–Crippen LogP) is 2.46. The van der Waals surface area contributed by atoms with E-state index in [1.165, 1.54) is 0 Å². The second-order valence-corrected chi connectivity index (χ2v) is 5.82. The Kier molecular flexibility index (Phi) is 3.99. The van der Waals surface area contributed by atoms with Crippen LogP contribution in [0, 0.1) is 0 Å². The van der Waals surface area contributed by atoms with Gasteiger partial charge < -0.3 is 14.9 Å². The lowest BCUT2D eigenvalue weighted by Gasteiger charge is -2.31. The molecule has 2 N–H and O–H groups in total. The van der Waals surface area contributed by atoms with Crippen molar-refractivity contribution in [3.8, 4) is 0 Å². The minimum absolute atomic E-state index is 0.386. The molecule has 0 aliphatic heterocycles. The van der Waals surface area contributed by atoms with E-state index in [0.717, 1.165) is 10.0 Å². The molecule has 0 saturated carbocycles. The molecule has 0 radical (unpaired) electrons. The summed E-state index contributed by atoms with van der Waals surface area (Å²) in [6.45, 7) is 3.28. The summed E-state index contributed by atoms with van der Waals surface area (Å²) in [5.74, 6) is -1.00. The third-order valence-corrected chi connectivity index (χ3v) is 4.44.